The molecule has 2 aliphatic rings. The number of halogens is 1. The summed E-state index contributed by atoms with van der Waals surface area (Å²) in [5.41, 5.74) is 5.43. The van der Waals surface area contributed by atoms with Gasteiger partial charge in [-0.2, -0.15) is 0 Å². The fourth-order valence-corrected chi connectivity index (χ4v) is 4.49. The summed E-state index contributed by atoms with van der Waals surface area (Å²) in [6.07, 6.45) is 2.62. The molecule has 0 radical (unpaired) electrons. The lowest BCUT2D eigenvalue weighted by molar-refractivity contribution is -0.0790. The summed E-state index contributed by atoms with van der Waals surface area (Å²) in [6, 6.07) is 2.43. The fraction of sp³-hybridized carbons (Fsp3) is 0.615. The molecule has 3 rings (SSSR count). The summed E-state index contributed by atoms with van der Waals surface area (Å²) in [5.74, 6) is 0. The molecule has 1 atom stereocenters. The minimum Gasteiger partial charge on any atom is -0.459 e. The van der Waals surface area contributed by atoms with Crippen LogP contribution in [-0.4, -0.2) is 24.8 Å². The van der Waals surface area contributed by atoms with Crippen LogP contribution >= 0.6 is 27.3 Å². The summed E-state index contributed by atoms with van der Waals surface area (Å²) in [7, 11) is 0. The van der Waals surface area contributed by atoms with Gasteiger partial charge in [-0.05, 0) is 28.9 Å². The molecule has 0 bridgehead atoms. The average molecular weight is 345 g/mol. The third-order valence-electron chi connectivity index (χ3n) is 3.85. The number of thiophene rings is 1. The number of hydrogen-bond acceptors (Lipinski definition) is 5. The highest BCUT2D eigenvalue weighted by atomic mass is 79.9. The largest absolute Gasteiger partial charge is 0.459 e. The maximum Gasteiger partial charge on any atom is 0.283 e. The summed E-state index contributed by atoms with van der Waals surface area (Å²) in [6.45, 7) is 3.60. The van der Waals surface area contributed by atoms with Gasteiger partial charge in [0.1, 0.15) is 11.1 Å². The molecule has 4 nitrogen and oxygen atoms in total. The number of ether oxygens (including phenoxy) is 2. The van der Waals surface area contributed by atoms with Crippen molar-refractivity contribution in [3.05, 3.63) is 20.8 Å². The van der Waals surface area contributed by atoms with E-state index in [9.17, 15) is 0 Å². The molecule has 0 saturated carbocycles. The van der Waals surface area contributed by atoms with E-state index in [4.69, 9.17) is 15.2 Å². The Morgan fingerprint density at radius 2 is 2.16 bits per heavy atom. The molecule has 0 amide bonds. The van der Waals surface area contributed by atoms with Crippen LogP contribution in [0, 0.1) is 0 Å². The standard InChI is InChI=1S/C13H17BrN2O2S/c1-12(10-6-9(14)7-19-10)8-13(18-11(15)16-12)2-4-17-5-3-13/h6-7H,2-5,8H2,1H3,(H2,15,16)/t12-/m0/s1. The van der Waals surface area contributed by atoms with Crippen molar-refractivity contribution < 1.29 is 9.47 Å². The average Bonchev–Trinajstić information content (AvgIpc) is 2.76. The number of amidine groups is 1. The van der Waals surface area contributed by atoms with Crippen molar-refractivity contribution >= 4 is 33.3 Å². The van der Waals surface area contributed by atoms with Gasteiger partial charge in [-0.25, -0.2) is 4.99 Å². The van der Waals surface area contributed by atoms with E-state index in [1.165, 1.54) is 4.88 Å². The minimum atomic E-state index is -0.295. The molecule has 6 heteroatoms. The van der Waals surface area contributed by atoms with Gasteiger partial charge in [-0.15, -0.1) is 11.3 Å². The van der Waals surface area contributed by atoms with Crippen LogP contribution in [0.15, 0.2) is 20.9 Å². The van der Waals surface area contributed by atoms with Gasteiger partial charge in [-0.3, -0.25) is 0 Å². The Labute approximate surface area is 125 Å². The van der Waals surface area contributed by atoms with Crippen LogP contribution in [0.1, 0.15) is 31.1 Å². The van der Waals surface area contributed by atoms with Crippen molar-refractivity contribution in [1.29, 1.82) is 0 Å². The summed E-state index contributed by atoms with van der Waals surface area (Å²) < 4.78 is 12.4. The summed E-state index contributed by atoms with van der Waals surface area (Å²) in [4.78, 5) is 5.79. The van der Waals surface area contributed by atoms with Crippen molar-refractivity contribution in [2.24, 2.45) is 10.7 Å². The molecule has 1 aromatic rings. The lowest BCUT2D eigenvalue weighted by Crippen LogP contribution is -2.50. The quantitative estimate of drug-likeness (QED) is 0.851. The van der Waals surface area contributed by atoms with Gasteiger partial charge in [0.05, 0.1) is 13.2 Å². The minimum absolute atomic E-state index is 0.213. The number of aliphatic imine (C=N–C) groups is 1. The van der Waals surface area contributed by atoms with Crippen LogP contribution in [0.2, 0.25) is 0 Å². The highest BCUT2D eigenvalue weighted by Crippen LogP contribution is 2.45. The molecule has 3 heterocycles. The zero-order valence-corrected chi connectivity index (χ0v) is 13.2. The Bertz CT molecular complexity index is 510. The topological polar surface area (TPSA) is 56.8 Å². The van der Waals surface area contributed by atoms with Gasteiger partial charge in [0.25, 0.3) is 6.02 Å². The number of hydrogen-bond donors (Lipinski definition) is 1. The van der Waals surface area contributed by atoms with E-state index in [1.807, 2.05) is 0 Å². The molecule has 1 spiro atoms. The fourth-order valence-electron chi connectivity index (χ4n) is 2.95. The van der Waals surface area contributed by atoms with E-state index in [0.717, 1.165) is 36.9 Å². The van der Waals surface area contributed by atoms with Crippen LogP contribution in [-0.2, 0) is 15.0 Å². The smallest absolute Gasteiger partial charge is 0.283 e. The van der Waals surface area contributed by atoms with E-state index in [1.54, 1.807) is 11.3 Å². The van der Waals surface area contributed by atoms with Gasteiger partial charge in [-0.1, -0.05) is 0 Å². The van der Waals surface area contributed by atoms with Crippen molar-refractivity contribution in [2.75, 3.05) is 13.2 Å². The van der Waals surface area contributed by atoms with Crippen LogP contribution in [0.3, 0.4) is 0 Å². The van der Waals surface area contributed by atoms with Gasteiger partial charge < -0.3 is 15.2 Å². The predicted octanol–water partition coefficient (Wildman–Crippen LogP) is 3.01. The number of nitrogens with two attached hydrogens (primary N) is 1. The molecule has 1 saturated heterocycles. The Hall–Kier alpha value is -0.590. The monoisotopic (exact) mass is 344 g/mol. The highest BCUT2D eigenvalue weighted by Gasteiger charge is 2.47. The number of nitrogens with zero attached hydrogens (tertiary/aromatic N) is 1. The van der Waals surface area contributed by atoms with Crippen LogP contribution in [0.25, 0.3) is 0 Å². The SMILES string of the molecule is C[C@@]1(c2cc(Br)cs2)CC2(CCOCC2)OC(N)=N1. The van der Waals surface area contributed by atoms with E-state index in [0.29, 0.717) is 6.02 Å². The maximum absolute atomic E-state index is 5.94. The molecule has 0 aliphatic carbocycles. The highest BCUT2D eigenvalue weighted by molar-refractivity contribution is 9.10. The Balaban J connectivity index is 1.95. The number of rotatable bonds is 1. The first-order valence-electron chi connectivity index (χ1n) is 6.38. The third-order valence-corrected chi connectivity index (χ3v) is 5.79. The predicted molar refractivity (Wildman–Crippen MR) is 79.5 cm³/mol. The van der Waals surface area contributed by atoms with Crippen molar-refractivity contribution in [2.45, 2.75) is 37.3 Å². The molecule has 0 aromatic carbocycles. The third kappa shape index (κ3) is 2.53. The van der Waals surface area contributed by atoms with Crippen LogP contribution in [0.4, 0.5) is 0 Å². The van der Waals surface area contributed by atoms with Gasteiger partial charge in [0, 0.05) is 34.0 Å². The normalized spacial score (nSPS) is 29.9. The Morgan fingerprint density at radius 3 is 2.79 bits per heavy atom. The zero-order chi connectivity index (χ0) is 13.5. The second kappa shape index (κ2) is 4.75. The first-order valence-corrected chi connectivity index (χ1v) is 8.05. The first kappa shape index (κ1) is 13.4. The second-order valence-electron chi connectivity index (χ2n) is 5.43. The lowest BCUT2D eigenvalue weighted by atomic mass is 9.79. The summed E-state index contributed by atoms with van der Waals surface area (Å²) in [5, 5.41) is 2.08. The molecule has 19 heavy (non-hydrogen) atoms. The van der Waals surface area contributed by atoms with Crippen LogP contribution in [0.5, 0.6) is 0 Å². The zero-order valence-electron chi connectivity index (χ0n) is 10.8. The first-order chi connectivity index (χ1) is 9.01. The molecule has 1 aromatic heterocycles. The lowest BCUT2D eigenvalue weighted by Gasteiger charge is -2.45. The van der Waals surface area contributed by atoms with E-state index in [2.05, 4.69) is 39.3 Å². The van der Waals surface area contributed by atoms with Crippen molar-refractivity contribution in [3.63, 3.8) is 0 Å². The van der Waals surface area contributed by atoms with E-state index >= 15 is 0 Å². The van der Waals surface area contributed by atoms with Gasteiger partial charge >= 0.3 is 0 Å². The van der Waals surface area contributed by atoms with Crippen molar-refractivity contribution in [3.8, 4) is 0 Å². The van der Waals surface area contributed by atoms with E-state index in [-0.39, 0.29) is 11.1 Å². The molecule has 1 fully saturated rings. The maximum atomic E-state index is 5.94. The Morgan fingerprint density at radius 1 is 1.42 bits per heavy atom. The van der Waals surface area contributed by atoms with Gasteiger partial charge in [0.15, 0.2) is 0 Å². The van der Waals surface area contributed by atoms with Gasteiger partial charge in [0.2, 0.25) is 0 Å². The molecule has 2 N–H and O–H groups in total. The Kier molecular flexibility index (Phi) is 3.35. The van der Waals surface area contributed by atoms with Crippen LogP contribution < -0.4 is 5.73 Å². The molecular formula is C13H17BrN2O2S. The van der Waals surface area contributed by atoms with Crippen molar-refractivity contribution in [1.82, 2.24) is 0 Å². The summed E-state index contributed by atoms with van der Waals surface area (Å²) >= 11 is 5.21. The van der Waals surface area contributed by atoms with E-state index < -0.39 is 0 Å². The molecule has 2 aliphatic heterocycles. The molecule has 0 unspecified atom stereocenters. The molecular weight excluding hydrogens is 328 g/mol. The molecule has 104 valence electrons. The second-order valence-corrected chi connectivity index (χ2v) is 7.25.